The number of nitrogens with one attached hydrogen (secondary N) is 1. The molecule has 0 saturated heterocycles. The van der Waals surface area contributed by atoms with E-state index in [2.05, 4.69) is 4.72 Å². The summed E-state index contributed by atoms with van der Waals surface area (Å²) in [4.78, 5) is 9.64. The molecule has 0 bridgehead atoms. The summed E-state index contributed by atoms with van der Waals surface area (Å²) < 4.78 is 31.1. The normalized spacial score (nSPS) is 12.4. The Morgan fingerprint density at radius 2 is 2.20 bits per heavy atom. The number of benzene rings is 1. The van der Waals surface area contributed by atoms with Gasteiger partial charge >= 0.3 is 0 Å². The lowest BCUT2D eigenvalue weighted by molar-refractivity contribution is -0.387. The molecule has 1 atom stereocenters. The largest absolute Gasteiger partial charge is 0.497 e. The molecule has 0 aliphatic heterocycles. The molecule has 9 heteroatoms. The van der Waals surface area contributed by atoms with Crippen LogP contribution in [0.2, 0.25) is 0 Å². The molecule has 0 fully saturated rings. The van der Waals surface area contributed by atoms with Crippen molar-refractivity contribution in [2.24, 2.45) is 0 Å². The van der Waals surface area contributed by atoms with Crippen LogP contribution in [0.5, 0.6) is 5.75 Å². The van der Waals surface area contributed by atoms with Crippen LogP contribution >= 0.6 is 0 Å². The fraction of sp³-hybridized carbons (Fsp3) is 0.364. The number of hydrogen-bond donors (Lipinski definition) is 1. The van der Waals surface area contributed by atoms with Crippen LogP contribution < -0.4 is 9.46 Å². The first-order valence-corrected chi connectivity index (χ1v) is 7.08. The Morgan fingerprint density at radius 1 is 1.55 bits per heavy atom. The van der Waals surface area contributed by atoms with Crippen molar-refractivity contribution >= 4 is 15.7 Å². The van der Waals surface area contributed by atoms with E-state index >= 15 is 0 Å². The number of nitrogens with zero attached hydrogens (tertiary/aromatic N) is 2. The summed E-state index contributed by atoms with van der Waals surface area (Å²) in [7, 11) is -2.84. The summed E-state index contributed by atoms with van der Waals surface area (Å²) >= 11 is 0. The van der Waals surface area contributed by atoms with Crippen molar-refractivity contribution in [2.45, 2.75) is 24.3 Å². The molecule has 1 aromatic rings. The van der Waals surface area contributed by atoms with E-state index in [-0.39, 0.29) is 12.2 Å². The number of hydrogen-bond acceptors (Lipinski definition) is 6. The van der Waals surface area contributed by atoms with E-state index in [4.69, 9.17) is 10.00 Å². The van der Waals surface area contributed by atoms with Gasteiger partial charge in [0.2, 0.25) is 10.0 Å². The smallest absolute Gasteiger partial charge is 0.293 e. The average molecular weight is 299 g/mol. The molecule has 0 spiro atoms. The molecule has 1 unspecified atom stereocenters. The zero-order valence-corrected chi connectivity index (χ0v) is 11.7. The van der Waals surface area contributed by atoms with E-state index in [1.807, 2.05) is 0 Å². The monoisotopic (exact) mass is 299 g/mol. The first-order chi connectivity index (χ1) is 9.35. The molecule has 0 heterocycles. The van der Waals surface area contributed by atoms with E-state index < -0.39 is 31.6 Å². The van der Waals surface area contributed by atoms with E-state index in [1.54, 1.807) is 13.0 Å². The van der Waals surface area contributed by atoms with Crippen molar-refractivity contribution in [1.29, 1.82) is 5.26 Å². The first-order valence-electron chi connectivity index (χ1n) is 5.60. The van der Waals surface area contributed by atoms with Crippen molar-refractivity contribution in [3.63, 3.8) is 0 Å². The zero-order valence-electron chi connectivity index (χ0n) is 10.9. The predicted octanol–water partition coefficient (Wildman–Crippen LogP) is 1.18. The lowest BCUT2D eigenvalue weighted by Gasteiger charge is -2.11. The van der Waals surface area contributed by atoms with Crippen LogP contribution in [0.1, 0.15) is 13.3 Å². The zero-order chi connectivity index (χ0) is 15.3. The quantitative estimate of drug-likeness (QED) is 0.621. The molecule has 0 aliphatic rings. The van der Waals surface area contributed by atoms with Gasteiger partial charge in [0.15, 0.2) is 4.90 Å². The Balaban J connectivity index is 3.31. The van der Waals surface area contributed by atoms with Gasteiger partial charge in [0.25, 0.3) is 5.69 Å². The van der Waals surface area contributed by atoms with Gasteiger partial charge in [0.05, 0.1) is 24.2 Å². The highest BCUT2D eigenvalue weighted by molar-refractivity contribution is 7.89. The molecule has 0 aliphatic carbocycles. The molecular formula is C11H13N3O5S. The molecule has 0 radical (unpaired) electrons. The molecule has 20 heavy (non-hydrogen) atoms. The molecule has 1 N–H and O–H groups in total. The number of ether oxygens (including phenoxy) is 1. The topological polar surface area (TPSA) is 122 Å². The Morgan fingerprint density at radius 3 is 2.65 bits per heavy atom. The average Bonchev–Trinajstić information content (AvgIpc) is 2.43. The van der Waals surface area contributed by atoms with Gasteiger partial charge in [-0.15, -0.1) is 0 Å². The highest BCUT2D eigenvalue weighted by Gasteiger charge is 2.28. The lowest BCUT2D eigenvalue weighted by Crippen LogP contribution is -2.33. The van der Waals surface area contributed by atoms with Gasteiger partial charge in [-0.3, -0.25) is 10.1 Å². The summed E-state index contributed by atoms with van der Waals surface area (Å²) in [6.07, 6.45) is 0.250. The van der Waals surface area contributed by atoms with Gasteiger partial charge in [-0.25, -0.2) is 8.42 Å². The molecule has 1 aromatic carbocycles. The summed E-state index contributed by atoms with van der Waals surface area (Å²) in [5.74, 6) is 0.169. The molecule has 108 valence electrons. The summed E-state index contributed by atoms with van der Waals surface area (Å²) in [5.41, 5.74) is -0.607. The standard InChI is InChI=1S/C11H13N3O5S/c1-3-8(7-12)13-20(17,18)11-5-4-9(19-2)6-10(11)14(15)16/h4-6,8,13H,3H2,1-2H3. The van der Waals surface area contributed by atoms with Crippen LogP contribution in [0, 0.1) is 21.4 Å². The lowest BCUT2D eigenvalue weighted by atomic mass is 10.3. The van der Waals surface area contributed by atoms with Crippen LogP contribution in [0.4, 0.5) is 5.69 Å². The minimum absolute atomic E-state index is 0.169. The number of methoxy groups -OCH3 is 1. The minimum Gasteiger partial charge on any atom is -0.497 e. The summed E-state index contributed by atoms with van der Waals surface area (Å²) in [6.45, 7) is 1.62. The third kappa shape index (κ3) is 3.43. The predicted molar refractivity (Wildman–Crippen MR) is 69.7 cm³/mol. The molecule has 0 saturated carbocycles. The summed E-state index contributed by atoms with van der Waals surface area (Å²) in [6, 6.07) is 4.21. The fourth-order valence-corrected chi connectivity index (χ4v) is 2.82. The van der Waals surface area contributed by atoms with E-state index in [0.29, 0.717) is 0 Å². The van der Waals surface area contributed by atoms with Gasteiger partial charge in [-0.2, -0.15) is 9.98 Å². The molecule has 0 aromatic heterocycles. The van der Waals surface area contributed by atoms with Crippen LogP contribution in [0.15, 0.2) is 23.1 Å². The van der Waals surface area contributed by atoms with Crippen molar-refractivity contribution in [3.8, 4) is 11.8 Å². The highest BCUT2D eigenvalue weighted by Crippen LogP contribution is 2.28. The van der Waals surface area contributed by atoms with Crippen molar-refractivity contribution in [1.82, 2.24) is 4.72 Å². The van der Waals surface area contributed by atoms with E-state index in [0.717, 1.165) is 12.1 Å². The third-order valence-electron chi connectivity index (χ3n) is 2.51. The van der Waals surface area contributed by atoms with Gasteiger partial charge < -0.3 is 4.74 Å². The minimum atomic E-state index is -4.15. The van der Waals surface area contributed by atoms with Crippen molar-refractivity contribution < 1.29 is 18.1 Å². The van der Waals surface area contributed by atoms with Gasteiger partial charge in [0, 0.05) is 0 Å². The Hall–Kier alpha value is -2.18. The molecule has 1 rings (SSSR count). The Kier molecular flexibility index (Phi) is 5.01. The maximum Gasteiger partial charge on any atom is 0.293 e. The molecule has 0 amide bonds. The molecular weight excluding hydrogens is 286 g/mol. The maximum atomic E-state index is 12.1. The van der Waals surface area contributed by atoms with E-state index in [9.17, 15) is 18.5 Å². The van der Waals surface area contributed by atoms with Gasteiger partial charge in [0.1, 0.15) is 11.8 Å². The van der Waals surface area contributed by atoms with Crippen LogP contribution in [-0.4, -0.2) is 26.5 Å². The molecule has 8 nitrogen and oxygen atoms in total. The van der Waals surface area contributed by atoms with Gasteiger partial charge in [-0.1, -0.05) is 6.92 Å². The van der Waals surface area contributed by atoms with Crippen molar-refractivity contribution in [2.75, 3.05) is 7.11 Å². The number of rotatable bonds is 6. The second kappa shape index (κ2) is 6.31. The Labute approximate surface area is 116 Å². The van der Waals surface area contributed by atoms with Crippen LogP contribution in [-0.2, 0) is 10.0 Å². The Bertz CT molecular complexity index is 651. The van der Waals surface area contributed by atoms with Crippen LogP contribution in [0.3, 0.4) is 0 Å². The maximum absolute atomic E-state index is 12.1. The number of nitriles is 1. The van der Waals surface area contributed by atoms with Gasteiger partial charge in [-0.05, 0) is 18.6 Å². The van der Waals surface area contributed by atoms with Crippen LogP contribution in [0.25, 0.3) is 0 Å². The fourth-order valence-electron chi connectivity index (χ4n) is 1.45. The second-order valence-electron chi connectivity index (χ2n) is 3.80. The first kappa shape index (κ1) is 15.9. The highest BCUT2D eigenvalue weighted by atomic mass is 32.2. The number of sulfonamides is 1. The second-order valence-corrected chi connectivity index (χ2v) is 5.48. The summed E-state index contributed by atoms with van der Waals surface area (Å²) in [5, 5.41) is 19.7. The van der Waals surface area contributed by atoms with Crippen molar-refractivity contribution in [3.05, 3.63) is 28.3 Å². The number of nitro groups is 1. The number of nitro benzene ring substituents is 1. The third-order valence-corrected chi connectivity index (χ3v) is 4.03. The SMILES string of the molecule is CCC(C#N)NS(=O)(=O)c1ccc(OC)cc1[N+](=O)[O-]. The van der Waals surface area contributed by atoms with E-state index in [1.165, 1.54) is 13.2 Å².